The lowest BCUT2D eigenvalue weighted by atomic mass is 10.3. The highest BCUT2D eigenvalue weighted by Crippen LogP contribution is 2.20. The minimum absolute atomic E-state index is 0.223. The normalized spacial score (nSPS) is 17.1. The molecule has 0 atom stereocenters. The molecular formula is C15H18FN3S. The van der Waals surface area contributed by atoms with Crippen LogP contribution in [0.3, 0.4) is 0 Å². The molecule has 0 aliphatic carbocycles. The minimum Gasteiger partial charge on any atom is -0.368 e. The summed E-state index contributed by atoms with van der Waals surface area (Å²) in [7, 11) is 0. The van der Waals surface area contributed by atoms with Crippen LogP contribution in [0.25, 0.3) is 0 Å². The number of rotatable bonds is 3. The number of aromatic nitrogens is 1. The van der Waals surface area contributed by atoms with Gasteiger partial charge in [-0.1, -0.05) is 6.07 Å². The fraction of sp³-hybridized carbons (Fsp3) is 0.400. The molecule has 0 spiro atoms. The van der Waals surface area contributed by atoms with E-state index in [0.717, 1.165) is 39.1 Å². The molecule has 3 nitrogen and oxygen atoms in total. The summed E-state index contributed by atoms with van der Waals surface area (Å²) >= 11 is 1.80. The van der Waals surface area contributed by atoms with Gasteiger partial charge in [-0.3, -0.25) is 9.88 Å². The number of hydrogen-bond donors (Lipinski definition) is 0. The van der Waals surface area contributed by atoms with Crippen molar-refractivity contribution in [1.82, 2.24) is 9.88 Å². The first-order valence-electron chi connectivity index (χ1n) is 6.92. The summed E-state index contributed by atoms with van der Waals surface area (Å²) in [5, 5.41) is 2.12. The highest BCUT2D eigenvalue weighted by atomic mass is 32.1. The largest absolute Gasteiger partial charge is 0.368 e. The Kier molecular flexibility index (Phi) is 4.28. The molecule has 0 bridgehead atoms. The Morgan fingerprint density at radius 3 is 2.95 bits per heavy atom. The Hall–Kier alpha value is -1.46. The van der Waals surface area contributed by atoms with Gasteiger partial charge in [-0.2, -0.15) is 0 Å². The van der Waals surface area contributed by atoms with E-state index in [1.165, 1.54) is 11.1 Å². The Balaban J connectivity index is 1.63. The van der Waals surface area contributed by atoms with Crippen LogP contribution >= 0.6 is 11.3 Å². The number of nitrogens with zero attached hydrogens (tertiary/aromatic N) is 3. The first-order valence-corrected chi connectivity index (χ1v) is 7.80. The molecule has 3 heterocycles. The molecule has 2 aromatic heterocycles. The molecule has 20 heavy (non-hydrogen) atoms. The summed E-state index contributed by atoms with van der Waals surface area (Å²) in [6.07, 6.45) is 4.02. The molecule has 0 saturated carbocycles. The van der Waals surface area contributed by atoms with Crippen molar-refractivity contribution in [3.8, 4) is 0 Å². The van der Waals surface area contributed by atoms with Gasteiger partial charge in [-0.05, 0) is 23.9 Å². The monoisotopic (exact) mass is 291 g/mol. The van der Waals surface area contributed by atoms with Crippen LogP contribution in [0, 0.1) is 5.82 Å². The standard InChI is InChI=1S/C15H18FN3S/c16-14-11-17-5-4-15(14)19-7-2-6-18(8-9-19)12-13-3-1-10-20-13/h1,3-5,10-11H,2,6-9,12H2. The van der Waals surface area contributed by atoms with E-state index in [9.17, 15) is 4.39 Å². The quantitative estimate of drug-likeness (QED) is 0.866. The molecule has 1 aliphatic heterocycles. The van der Waals surface area contributed by atoms with Crippen LogP contribution in [0.5, 0.6) is 0 Å². The van der Waals surface area contributed by atoms with Crippen molar-refractivity contribution < 1.29 is 4.39 Å². The number of thiophene rings is 1. The molecule has 1 saturated heterocycles. The average molecular weight is 291 g/mol. The van der Waals surface area contributed by atoms with Crippen molar-refractivity contribution in [2.75, 3.05) is 31.1 Å². The SMILES string of the molecule is Fc1cnccc1N1CCCN(Cc2cccs2)CC1. The number of anilines is 1. The van der Waals surface area contributed by atoms with Crippen molar-refractivity contribution in [3.63, 3.8) is 0 Å². The van der Waals surface area contributed by atoms with Gasteiger partial charge in [-0.25, -0.2) is 4.39 Å². The van der Waals surface area contributed by atoms with Gasteiger partial charge >= 0.3 is 0 Å². The number of halogens is 1. The summed E-state index contributed by atoms with van der Waals surface area (Å²) in [6, 6.07) is 6.04. The van der Waals surface area contributed by atoms with Crippen LogP contribution in [0.1, 0.15) is 11.3 Å². The molecule has 106 valence electrons. The second-order valence-corrected chi connectivity index (χ2v) is 6.06. The third kappa shape index (κ3) is 3.16. The summed E-state index contributed by atoms with van der Waals surface area (Å²) in [4.78, 5) is 9.79. The molecule has 1 aliphatic rings. The second kappa shape index (κ2) is 6.33. The van der Waals surface area contributed by atoms with E-state index in [1.54, 1.807) is 23.6 Å². The van der Waals surface area contributed by atoms with Crippen molar-refractivity contribution >= 4 is 17.0 Å². The van der Waals surface area contributed by atoms with Crippen LogP contribution in [0.15, 0.2) is 36.0 Å². The number of pyridine rings is 1. The lowest BCUT2D eigenvalue weighted by Gasteiger charge is -2.23. The van der Waals surface area contributed by atoms with Crippen LogP contribution in [0.2, 0.25) is 0 Å². The molecule has 0 aromatic carbocycles. The Morgan fingerprint density at radius 1 is 1.20 bits per heavy atom. The van der Waals surface area contributed by atoms with Crippen molar-refractivity contribution in [2.24, 2.45) is 0 Å². The van der Waals surface area contributed by atoms with Gasteiger partial charge in [-0.15, -0.1) is 11.3 Å². The van der Waals surface area contributed by atoms with Gasteiger partial charge in [0.1, 0.15) is 0 Å². The summed E-state index contributed by atoms with van der Waals surface area (Å²) in [5.74, 6) is -0.223. The van der Waals surface area contributed by atoms with E-state index in [2.05, 4.69) is 32.3 Å². The van der Waals surface area contributed by atoms with Gasteiger partial charge < -0.3 is 4.90 Å². The van der Waals surface area contributed by atoms with Gasteiger partial charge in [0.2, 0.25) is 0 Å². The molecule has 0 N–H and O–H groups in total. The van der Waals surface area contributed by atoms with Crippen LogP contribution < -0.4 is 4.90 Å². The van der Waals surface area contributed by atoms with Crippen LogP contribution in [0.4, 0.5) is 10.1 Å². The van der Waals surface area contributed by atoms with E-state index in [0.29, 0.717) is 5.69 Å². The minimum atomic E-state index is -0.223. The van der Waals surface area contributed by atoms with Gasteiger partial charge in [0.25, 0.3) is 0 Å². The second-order valence-electron chi connectivity index (χ2n) is 5.02. The Labute approximate surface area is 122 Å². The fourth-order valence-electron chi connectivity index (χ4n) is 2.62. The third-order valence-corrected chi connectivity index (χ3v) is 4.50. The first-order chi connectivity index (χ1) is 9.83. The van der Waals surface area contributed by atoms with E-state index < -0.39 is 0 Å². The predicted molar refractivity (Wildman–Crippen MR) is 80.6 cm³/mol. The van der Waals surface area contributed by atoms with Gasteiger partial charge in [0.15, 0.2) is 5.82 Å². The Morgan fingerprint density at radius 2 is 2.15 bits per heavy atom. The highest BCUT2D eigenvalue weighted by molar-refractivity contribution is 7.09. The van der Waals surface area contributed by atoms with E-state index in [1.807, 2.05) is 0 Å². The van der Waals surface area contributed by atoms with Crippen LogP contribution in [-0.2, 0) is 6.54 Å². The predicted octanol–water partition coefficient (Wildman–Crippen LogP) is 2.99. The molecule has 1 fully saturated rings. The van der Waals surface area contributed by atoms with Gasteiger partial charge in [0, 0.05) is 43.8 Å². The zero-order chi connectivity index (χ0) is 13.8. The maximum atomic E-state index is 13.8. The molecule has 3 rings (SSSR count). The van der Waals surface area contributed by atoms with Crippen molar-refractivity contribution in [1.29, 1.82) is 0 Å². The summed E-state index contributed by atoms with van der Waals surface area (Å²) in [5.41, 5.74) is 0.679. The molecule has 0 unspecified atom stereocenters. The summed E-state index contributed by atoms with van der Waals surface area (Å²) < 4.78 is 13.8. The van der Waals surface area contributed by atoms with E-state index in [4.69, 9.17) is 0 Å². The lowest BCUT2D eigenvalue weighted by Crippen LogP contribution is -2.30. The average Bonchev–Trinajstić information content (AvgIpc) is 2.85. The van der Waals surface area contributed by atoms with Crippen molar-refractivity contribution in [3.05, 3.63) is 46.7 Å². The number of hydrogen-bond acceptors (Lipinski definition) is 4. The zero-order valence-corrected chi connectivity index (χ0v) is 12.2. The molecule has 5 heteroatoms. The lowest BCUT2D eigenvalue weighted by molar-refractivity contribution is 0.288. The molecular weight excluding hydrogens is 273 g/mol. The first kappa shape index (κ1) is 13.5. The molecule has 0 radical (unpaired) electrons. The maximum Gasteiger partial charge on any atom is 0.164 e. The van der Waals surface area contributed by atoms with E-state index in [-0.39, 0.29) is 5.82 Å². The molecule has 0 amide bonds. The highest BCUT2D eigenvalue weighted by Gasteiger charge is 2.17. The topological polar surface area (TPSA) is 19.4 Å². The van der Waals surface area contributed by atoms with Crippen LogP contribution in [-0.4, -0.2) is 36.1 Å². The zero-order valence-electron chi connectivity index (χ0n) is 11.3. The van der Waals surface area contributed by atoms with Crippen molar-refractivity contribution in [2.45, 2.75) is 13.0 Å². The third-order valence-electron chi connectivity index (χ3n) is 3.64. The molecule has 2 aromatic rings. The Bertz CT molecular complexity index is 544. The van der Waals surface area contributed by atoms with Gasteiger partial charge in [0.05, 0.1) is 11.9 Å². The fourth-order valence-corrected chi connectivity index (χ4v) is 3.36. The van der Waals surface area contributed by atoms with E-state index >= 15 is 0 Å². The summed E-state index contributed by atoms with van der Waals surface area (Å²) in [6.45, 7) is 4.82. The smallest absolute Gasteiger partial charge is 0.164 e. The maximum absolute atomic E-state index is 13.8.